The zero-order valence-electron chi connectivity index (χ0n) is 12.1. The molecule has 3 rings (SSSR count). The normalized spacial score (nSPS) is 16.9. The highest BCUT2D eigenvalue weighted by atomic mass is 16.6. The number of carbonyl (C=O) groups excluding carboxylic acids is 1. The van der Waals surface area contributed by atoms with E-state index in [0.29, 0.717) is 12.6 Å². The average molecular weight is 302 g/mol. The number of nitro benzene ring substituents is 1. The molecule has 0 bridgehead atoms. The molecule has 2 aromatic rings. The molecule has 116 valence electrons. The molecule has 1 fully saturated rings. The van der Waals surface area contributed by atoms with Gasteiger partial charge in [0.05, 0.1) is 17.0 Å². The Hall–Kier alpha value is -2.41. The van der Waals surface area contributed by atoms with Crippen LogP contribution in [0.5, 0.6) is 0 Å². The van der Waals surface area contributed by atoms with E-state index >= 15 is 0 Å². The molecule has 1 saturated heterocycles. The van der Waals surface area contributed by atoms with Crippen molar-refractivity contribution in [3.05, 3.63) is 40.6 Å². The number of likely N-dealkylation sites (tertiary alicyclic amines) is 1. The number of fused-ring (bicyclic) bond motifs is 1. The number of nitrogens with zero attached hydrogens (tertiary/aromatic N) is 3. The molecule has 0 atom stereocenters. The van der Waals surface area contributed by atoms with E-state index in [9.17, 15) is 14.9 Å². The van der Waals surface area contributed by atoms with E-state index < -0.39 is 0 Å². The number of aromatic nitrogens is 1. The Labute approximate surface area is 127 Å². The highest BCUT2D eigenvalue weighted by molar-refractivity contribution is 5.82. The number of hydrogen-bond donors (Lipinski definition) is 1. The van der Waals surface area contributed by atoms with Crippen LogP contribution in [0, 0.1) is 10.1 Å². The van der Waals surface area contributed by atoms with Gasteiger partial charge >= 0.3 is 0 Å². The Kier molecular flexibility index (Phi) is 3.81. The smallest absolute Gasteiger partial charge is 0.271 e. The van der Waals surface area contributed by atoms with Crippen LogP contribution in [0.3, 0.4) is 0 Å². The first-order valence-electron chi connectivity index (χ1n) is 7.30. The van der Waals surface area contributed by atoms with Gasteiger partial charge in [0, 0.05) is 42.8 Å². The molecule has 1 aromatic carbocycles. The summed E-state index contributed by atoms with van der Waals surface area (Å²) >= 11 is 0. The number of carbonyl (C=O) groups is 1. The van der Waals surface area contributed by atoms with Gasteiger partial charge in [-0.25, -0.2) is 0 Å². The van der Waals surface area contributed by atoms with Crippen molar-refractivity contribution in [3.8, 4) is 0 Å². The fourth-order valence-electron chi connectivity index (χ4n) is 3.15. The third kappa shape index (κ3) is 2.80. The number of hydrogen-bond acceptors (Lipinski definition) is 4. The summed E-state index contributed by atoms with van der Waals surface area (Å²) in [6, 6.07) is 7.22. The van der Waals surface area contributed by atoms with Gasteiger partial charge in [0.25, 0.3) is 5.69 Å². The third-order valence-corrected chi connectivity index (χ3v) is 4.25. The van der Waals surface area contributed by atoms with E-state index in [1.807, 2.05) is 17.2 Å². The molecule has 1 aromatic heterocycles. The van der Waals surface area contributed by atoms with Crippen molar-refractivity contribution >= 4 is 22.5 Å². The van der Waals surface area contributed by atoms with Crippen molar-refractivity contribution in [1.29, 1.82) is 0 Å². The van der Waals surface area contributed by atoms with Gasteiger partial charge in [0.1, 0.15) is 0 Å². The SMILES string of the molecule is NC(=O)CN1CCC(n2ccc3ccc([N+](=O)[O-])cc32)CC1. The van der Waals surface area contributed by atoms with Crippen molar-refractivity contribution in [1.82, 2.24) is 9.47 Å². The maximum absolute atomic E-state index is 11.0. The number of non-ortho nitro benzene ring substituents is 1. The Morgan fingerprint density at radius 1 is 1.32 bits per heavy atom. The fourth-order valence-corrected chi connectivity index (χ4v) is 3.15. The van der Waals surface area contributed by atoms with Crippen molar-refractivity contribution in [2.75, 3.05) is 19.6 Å². The van der Waals surface area contributed by atoms with E-state index in [1.54, 1.807) is 12.1 Å². The van der Waals surface area contributed by atoms with Gasteiger partial charge in [0.15, 0.2) is 0 Å². The topological polar surface area (TPSA) is 94.4 Å². The first-order valence-corrected chi connectivity index (χ1v) is 7.30. The molecule has 0 spiro atoms. The van der Waals surface area contributed by atoms with Crippen molar-refractivity contribution < 1.29 is 9.72 Å². The van der Waals surface area contributed by atoms with Crippen LogP contribution in [0.25, 0.3) is 10.9 Å². The molecule has 2 heterocycles. The molecule has 0 radical (unpaired) electrons. The first kappa shape index (κ1) is 14.5. The van der Waals surface area contributed by atoms with Gasteiger partial charge in [0.2, 0.25) is 5.91 Å². The Balaban J connectivity index is 1.81. The van der Waals surface area contributed by atoms with E-state index in [0.717, 1.165) is 36.8 Å². The summed E-state index contributed by atoms with van der Waals surface area (Å²) < 4.78 is 2.12. The lowest BCUT2D eigenvalue weighted by Crippen LogP contribution is -2.39. The Bertz CT molecular complexity index is 717. The zero-order chi connectivity index (χ0) is 15.7. The minimum atomic E-state index is -0.369. The largest absolute Gasteiger partial charge is 0.369 e. The summed E-state index contributed by atoms with van der Waals surface area (Å²) in [6.07, 6.45) is 3.79. The lowest BCUT2D eigenvalue weighted by molar-refractivity contribution is -0.384. The number of benzene rings is 1. The second-order valence-corrected chi connectivity index (χ2v) is 5.70. The molecule has 1 amide bonds. The minimum Gasteiger partial charge on any atom is -0.369 e. The monoisotopic (exact) mass is 302 g/mol. The maximum Gasteiger partial charge on any atom is 0.271 e. The number of nitro groups is 1. The number of amides is 1. The molecule has 0 saturated carbocycles. The standard InChI is InChI=1S/C15H18N4O3/c16-15(20)10-17-6-4-12(5-7-17)18-8-3-11-1-2-13(19(21)22)9-14(11)18/h1-3,8-9,12H,4-7,10H2,(H2,16,20). The molecular formula is C15H18N4O3. The molecule has 1 aliphatic heterocycles. The van der Waals surface area contributed by atoms with Crippen LogP contribution in [-0.2, 0) is 4.79 Å². The van der Waals surface area contributed by atoms with Crippen molar-refractivity contribution in [2.45, 2.75) is 18.9 Å². The van der Waals surface area contributed by atoms with Crippen LogP contribution in [0.4, 0.5) is 5.69 Å². The van der Waals surface area contributed by atoms with E-state index in [4.69, 9.17) is 5.73 Å². The van der Waals surface area contributed by atoms with Gasteiger partial charge < -0.3 is 10.3 Å². The molecule has 0 unspecified atom stereocenters. The first-order chi connectivity index (χ1) is 10.5. The summed E-state index contributed by atoms with van der Waals surface area (Å²) in [5.41, 5.74) is 6.22. The Morgan fingerprint density at radius 2 is 2.05 bits per heavy atom. The lowest BCUT2D eigenvalue weighted by Gasteiger charge is -2.32. The number of primary amides is 1. The predicted molar refractivity (Wildman–Crippen MR) is 82.5 cm³/mol. The Morgan fingerprint density at radius 3 is 2.68 bits per heavy atom. The van der Waals surface area contributed by atoms with Gasteiger partial charge in [-0.1, -0.05) is 0 Å². The predicted octanol–water partition coefficient (Wildman–Crippen LogP) is 1.67. The quantitative estimate of drug-likeness (QED) is 0.686. The molecule has 1 aliphatic rings. The third-order valence-electron chi connectivity index (χ3n) is 4.25. The van der Waals surface area contributed by atoms with Crippen LogP contribution in [0.15, 0.2) is 30.5 Å². The van der Waals surface area contributed by atoms with Gasteiger partial charge in [-0.05, 0) is 25.0 Å². The fraction of sp³-hybridized carbons (Fsp3) is 0.400. The van der Waals surface area contributed by atoms with Gasteiger partial charge in [-0.3, -0.25) is 19.8 Å². The summed E-state index contributed by atoms with van der Waals surface area (Å²) in [5.74, 6) is -0.305. The van der Waals surface area contributed by atoms with Crippen LogP contribution in [-0.4, -0.2) is 39.9 Å². The average Bonchev–Trinajstić information content (AvgIpc) is 2.90. The second kappa shape index (κ2) is 5.76. The minimum absolute atomic E-state index is 0.110. The van der Waals surface area contributed by atoms with Crippen LogP contribution < -0.4 is 5.73 Å². The van der Waals surface area contributed by atoms with Crippen molar-refractivity contribution in [3.63, 3.8) is 0 Å². The molecule has 7 heteroatoms. The highest BCUT2D eigenvalue weighted by Gasteiger charge is 2.22. The second-order valence-electron chi connectivity index (χ2n) is 5.70. The number of nitrogens with two attached hydrogens (primary N) is 1. The summed E-state index contributed by atoms with van der Waals surface area (Å²) in [7, 11) is 0. The lowest BCUT2D eigenvalue weighted by atomic mass is 10.0. The van der Waals surface area contributed by atoms with Crippen LogP contribution >= 0.6 is 0 Å². The van der Waals surface area contributed by atoms with E-state index in [-0.39, 0.29) is 16.5 Å². The molecule has 7 nitrogen and oxygen atoms in total. The highest BCUT2D eigenvalue weighted by Crippen LogP contribution is 2.29. The van der Waals surface area contributed by atoms with Gasteiger partial charge in [-0.15, -0.1) is 0 Å². The van der Waals surface area contributed by atoms with Gasteiger partial charge in [-0.2, -0.15) is 0 Å². The molecular weight excluding hydrogens is 284 g/mol. The summed E-state index contributed by atoms with van der Waals surface area (Å²) in [6.45, 7) is 1.91. The number of piperidine rings is 1. The summed E-state index contributed by atoms with van der Waals surface area (Å²) in [5, 5.41) is 12.0. The molecule has 0 aliphatic carbocycles. The maximum atomic E-state index is 11.0. The zero-order valence-corrected chi connectivity index (χ0v) is 12.1. The van der Waals surface area contributed by atoms with E-state index in [2.05, 4.69) is 4.57 Å². The van der Waals surface area contributed by atoms with Crippen LogP contribution in [0.1, 0.15) is 18.9 Å². The van der Waals surface area contributed by atoms with E-state index in [1.165, 1.54) is 6.07 Å². The molecule has 2 N–H and O–H groups in total. The summed E-state index contributed by atoms with van der Waals surface area (Å²) in [4.78, 5) is 23.6. The number of rotatable bonds is 4. The van der Waals surface area contributed by atoms with Crippen molar-refractivity contribution in [2.24, 2.45) is 5.73 Å². The van der Waals surface area contributed by atoms with Crippen LogP contribution in [0.2, 0.25) is 0 Å². The molecule has 22 heavy (non-hydrogen) atoms.